The Morgan fingerprint density at radius 2 is 1.95 bits per heavy atom. The van der Waals surface area contributed by atoms with Crippen molar-refractivity contribution in [3.8, 4) is 0 Å². The van der Waals surface area contributed by atoms with Crippen molar-refractivity contribution in [2.24, 2.45) is 5.73 Å². The summed E-state index contributed by atoms with van der Waals surface area (Å²) in [4.78, 5) is 1.22. The summed E-state index contributed by atoms with van der Waals surface area (Å²) in [6.07, 6.45) is 4.68. The fraction of sp³-hybridized carbons (Fsp3) is 0.333. The average molecular weight is 401 g/mol. The predicted molar refractivity (Wildman–Crippen MR) is 88.8 cm³/mol. The van der Waals surface area contributed by atoms with Crippen molar-refractivity contribution in [2.45, 2.75) is 31.7 Å². The van der Waals surface area contributed by atoms with Crippen LogP contribution in [0.5, 0.6) is 0 Å². The molecule has 2 aromatic rings. The molecule has 4 heteroatoms. The third kappa shape index (κ3) is 2.97. The summed E-state index contributed by atoms with van der Waals surface area (Å²) in [5.74, 6) is 0. The van der Waals surface area contributed by atoms with Gasteiger partial charge in [0.2, 0.25) is 0 Å². The van der Waals surface area contributed by atoms with Crippen LogP contribution in [0.1, 0.15) is 34.0 Å². The first-order chi connectivity index (χ1) is 9.13. The van der Waals surface area contributed by atoms with Crippen LogP contribution >= 0.6 is 43.2 Å². The highest BCUT2D eigenvalue weighted by Gasteiger charge is 2.15. The van der Waals surface area contributed by atoms with Crippen LogP contribution in [-0.4, -0.2) is 0 Å². The second-order valence-corrected chi connectivity index (χ2v) is 8.29. The molecule has 1 unspecified atom stereocenters. The van der Waals surface area contributed by atoms with E-state index in [1.54, 1.807) is 11.3 Å². The topological polar surface area (TPSA) is 26.0 Å². The minimum atomic E-state index is 0.0760. The van der Waals surface area contributed by atoms with Crippen LogP contribution in [0.25, 0.3) is 0 Å². The van der Waals surface area contributed by atoms with Crippen molar-refractivity contribution in [1.82, 2.24) is 0 Å². The molecule has 0 fully saturated rings. The minimum absolute atomic E-state index is 0.0760. The molecule has 0 aliphatic heterocycles. The molecule has 0 amide bonds. The number of aryl methyl sites for hydroxylation is 2. The van der Waals surface area contributed by atoms with Gasteiger partial charge in [-0.2, -0.15) is 0 Å². The van der Waals surface area contributed by atoms with E-state index in [1.165, 1.54) is 40.8 Å². The number of halogens is 2. The number of hydrogen-bond donors (Lipinski definition) is 1. The average Bonchev–Trinajstić information content (AvgIpc) is 2.96. The lowest BCUT2D eigenvalue weighted by Crippen LogP contribution is -2.11. The lowest BCUT2D eigenvalue weighted by atomic mass is 10.0. The van der Waals surface area contributed by atoms with E-state index >= 15 is 0 Å². The first kappa shape index (κ1) is 13.8. The van der Waals surface area contributed by atoms with Crippen molar-refractivity contribution in [3.63, 3.8) is 0 Å². The Morgan fingerprint density at radius 1 is 1.16 bits per heavy atom. The maximum atomic E-state index is 6.32. The summed E-state index contributed by atoms with van der Waals surface area (Å²) in [7, 11) is 0. The lowest BCUT2D eigenvalue weighted by Gasteiger charge is -2.11. The summed E-state index contributed by atoms with van der Waals surface area (Å²) in [6.45, 7) is 0. The summed E-state index contributed by atoms with van der Waals surface area (Å²) < 4.78 is 2.21. The molecular formula is C15H15Br2NS. The Morgan fingerprint density at radius 3 is 2.68 bits per heavy atom. The van der Waals surface area contributed by atoms with Crippen molar-refractivity contribution in [2.75, 3.05) is 0 Å². The largest absolute Gasteiger partial charge is 0.323 e. The van der Waals surface area contributed by atoms with Crippen molar-refractivity contribution < 1.29 is 0 Å². The second-order valence-electron chi connectivity index (χ2n) is 5.04. The first-order valence-electron chi connectivity index (χ1n) is 6.44. The van der Waals surface area contributed by atoms with Crippen LogP contribution in [-0.2, 0) is 19.3 Å². The van der Waals surface area contributed by atoms with Crippen LogP contribution in [0.4, 0.5) is 0 Å². The van der Waals surface area contributed by atoms with Gasteiger partial charge in [0.1, 0.15) is 0 Å². The van der Waals surface area contributed by atoms with Gasteiger partial charge in [-0.15, -0.1) is 11.3 Å². The van der Waals surface area contributed by atoms with E-state index in [0.717, 1.165) is 14.7 Å². The SMILES string of the molecule is NC(Cc1ccc2c(c1)CCC2)c1cc(Br)c(Br)s1. The molecule has 1 aromatic carbocycles. The molecule has 1 heterocycles. The van der Waals surface area contributed by atoms with Crippen LogP contribution in [0.2, 0.25) is 0 Å². The molecule has 0 spiro atoms. The van der Waals surface area contributed by atoms with E-state index in [9.17, 15) is 0 Å². The van der Waals surface area contributed by atoms with Gasteiger partial charge in [-0.1, -0.05) is 18.2 Å². The smallest absolute Gasteiger partial charge is 0.0843 e. The highest BCUT2D eigenvalue weighted by atomic mass is 79.9. The molecule has 0 radical (unpaired) electrons. The van der Waals surface area contributed by atoms with E-state index in [1.807, 2.05) is 0 Å². The molecule has 19 heavy (non-hydrogen) atoms. The summed E-state index contributed by atoms with van der Waals surface area (Å²) in [6, 6.07) is 9.06. The lowest BCUT2D eigenvalue weighted by molar-refractivity contribution is 0.735. The standard InChI is InChI=1S/C15H15Br2NS/c16-12-8-14(19-15(12)17)13(18)7-9-4-5-10-2-1-3-11(10)6-9/h4-6,8,13H,1-3,7,18H2. The van der Waals surface area contributed by atoms with Crippen LogP contribution in [0.15, 0.2) is 32.5 Å². The van der Waals surface area contributed by atoms with Crippen LogP contribution in [0.3, 0.4) is 0 Å². The van der Waals surface area contributed by atoms with E-state index in [-0.39, 0.29) is 6.04 Å². The molecule has 1 aliphatic rings. The maximum Gasteiger partial charge on any atom is 0.0843 e. The van der Waals surface area contributed by atoms with Gasteiger partial charge in [0.25, 0.3) is 0 Å². The zero-order valence-corrected chi connectivity index (χ0v) is 14.4. The number of benzene rings is 1. The van der Waals surface area contributed by atoms with Crippen molar-refractivity contribution in [1.29, 1.82) is 0 Å². The van der Waals surface area contributed by atoms with Gasteiger partial charge in [-0.05, 0) is 80.3 Å². The molecule has 2 N–H and O–H groups in total. The van der Waals surface area contributed by atoms with Gasteiger partial charge in [-0.3, -0.25) is 0 Å². The van der Waals surface area contributed by atoms with Crippen molar-refractivity contribution >= 4 is 43.2 Å². The van der Waals surface area contributed by atoms with Crippen LogP contribution < -0.4 is 5.73 Å². The summed E-state index contributed by atoms with van der Waals surface area (Å²) in [5, 5.41) is 0. The zero-order valence-electron chi connectivity index (χ0n) is 10.5. The predicted octanol–water partition coefficient (Wildman–Crippen LogP) is 5.00. The molecule has 1 atom stereocenters. The normalized spacial score (nSPS) is 15.5. The Hall–Kier alpha value is -0.160. The number of hydrogen-bond acceptors (Lipinski definition) is 2. The summed E-state index contributed by atoms with van der Waals surface area (Å²) in [5.41, 5.74) is 10.7. The molecular weight excluding hydrogens is 386 g/mol. The fourth-order valence-electron chi connectivity index (χ4n) is 2.65. The molecule has 1 nitrogen and oxygen atoms in total. The molecule has 0 saturated heterocycles. The monoisotopic (exact) mass is 399 g/mol. The Balaban J connectivity index is 1.77. The molecule has 100 valence electrons. The number of nitrogens with two attached hydrogens (primary N) is 1. The molecule has 0 saturated carbocycles. The second kappa shape index (κ2) is 5.68. The Labute approximate surface area is 134 Å². The van der Waals surface area contributed by atoms with Crippen molar-refractivity contribution in [3.05, 3.63) is 54.1 Å². The quantitative estimate of drug-likeness (QED) is 0.770. The van der Waals surface area contributed by atoms with Gasteiger partial charge in [0.05, 0.1) is 3.79 Å². The van der Waals surface area contributed by atoms with E-state index in [2.05, 4.69) is 56.1 Å². The van der Waals surface area contributed by atoms with Gasteiger partial charge in [0.15, 0.2) is 0 Å². The van der Waals surface area contributed by atoms with E-state index < -0.39 is 0 Å². The van der Waals surface area contributed by atoms with Gasteiger partial charge < -0.3 is 5.73 Å². The maximum absolute atomic E-state index is 6.32. The number of thiophene rings is 1. The zero-order chi connectivity index (χ0) is 13.4. The molecule has 0 bridgehead atoms. The van der Waals surface area contributed by atoms with E-state index in [4.69, 9.17) is 5.73 Å². The fourth-order valence-corrected chi connectivity index (χ4v) is 4.74. The highest BCUT2D eigenvalue weighted by Crippen LogP contribution is 2.36. The molecule has 1 aromatic heterocycles. The highest BCUT2D eigenvalue weighted by molar-refractivity contribution is 9.13. The Kier molecular flexibility index (Phi) is 4.13. The van der Waals surface area contributed by atoms with E-state index in [0.29, 0.717) is 0 Å². The first-order valence-corrected chi connectivity index (χ1v) is 8.85. The third-order valence-corrected chi connectivity index (χ3v) is 7.04. The summed E-state index contributed by atoms with van der Waals surface area (Å²) >= 11 is 8.76. The minimum Gasteiger partial charge on any atom is -0.323 e. The van der Waals surface area contributed by atoms with Gasteiger partial charge in [-0.25, -0.2) is 0 Å². The Bertz CT molecular complexity index is 587. The third-order valence-electron chi connectivity index (χ3n) is 3.65. The van der Waals surface area contributed by atoms with Gasteiger partial charge in [0, 0.05) is 15.4 Å². The number of fused-ring (bicyclic) bond motifs is 1. The molecule has 1 aliphatic carbocycles. The van der Waals surface area contributed by atoms with Crippen LogP contribution in [0, 0.1) is 0 Å². The number of rotatable bonds is 3. The van der Waals surface area contributed by atoms with Gasteiger partial charge >= 0.3 is 0 Å². The molecule has 3 rings (SSSR count).